The molecule has 1 aromatic heterocycles. The summed E-state index contributed by atoms with van der Waals surface area (Å²) in [5, 5.41) is 12.8. The average Bonchev–Trinajstić information content (AvgIpc) is 2.61. The highest BCUT2D eigenvalue weighted by atomic mass is 16.3. The number of hydrogen-bond acceptors (Lipinski definition) is 3. The first-order chi connectivity index (χ1) is 6.29. The van der Waals surface area contributed by atoms with Crippen molar-refractivity contribution in [3.8, 4) is 0 Å². The van der Waals surface area contributed by atoms with Crippen LogP contribution in [0, 0.1) is 0 Å². The molecule has 0 bridgehead atoms. The first kappa shape index (κ1) is 10.2. The predicted molar refractivity (Wildman–Crippen MR) is 51.4 cm³/mol. The summed E-state index contributed by atoms with van der Waals surface area (Å²) < 4.78 is 1.95. The van der Waals surface area contributed by atoms with E-state index in [2.05, 4.69) is 10.3 Å². The summed E-state index contributed by atoms with van der Waals surface area (Å²) in [4.78, 5) is 4.00. The second-order valence-corrected chi connectivity index (χ2v) is 2.93. The number of hydrogen-bond donors (Lipinski definition) is 2. The minimum Gasteiger partial charge on any atom is -0.385 e. The Morgan fingerprint density at radius 3 is 3.00 bits per heavy atom. The second kappa shape index (κ2) is 4.99. The van der Waals surface area contributed by atoms with Crippen molar-refractivity contribution in [1.82, 2.24) is 14.9 Å². The molecule has 13 heavy (non-hydrogen) atoms. The number of aliphatic hydroxyl groups is 1. The summed E-state index contributed by atoms with van der Waals surface area (Å²) in [6, 6.07) is 0. The molecular weight excluding hydrogens is 166 g/mol. The van der Waals surface area contributed by atoms with E-state index in [0.717, 1.165) is 18.8 Å². The third-order valence-corrected chi connectivity index (χ3v) is 2.01. The summed E-state index contributed by atoms with van der Waals surface area (Å²) in [5.41, 5.74) is 0.878. The molecule has 2 N–H and O–H groups in total. The van der Waals surface area contributed by atoms with Gasteiger partial charge in [-0.2, -0.15) is 0 Å². The zero-order valence-corrected chi connectivity index (χ0v) is 8.20. The molecule has 4 heteroatoms. The van der Waals surface area contributed by atoms with Gasteiger partial charge in [-0.05, 0) is 13.5 Å². The highest BCUT2D eigenvalue weighted by Crippen LogP contribution is 2.10. The maximum absolute atomic E-state index is 9.73. The normalized spacial score (nSPS) is 13.2. The standard InChI is InChI=1S/C9H17N3O/c1-3-10-6-9(13)8-5-11-7-12(8)4-2/h5,7,9-10,13H,3-4,6H2,1-2H3. The fourth-order valence-electron chi connectivity index (χ4n) is 1.26. The molecule has 0 saturated carbocycles. The van der Waals surface area contributed by atoms with Crippen LogP contribution in [0.3, 0.4) is 0 Å². The maximum atomic E-state index is 9.73. The third-order valence-electron chi connectivity index (χ3n) is 2.01. The number of likely N-dealkylation sites (N-methyl/N-ethyl adjacent to an activating group) is 1. The van der Waals surface area contributed by atoms with E-state index in [1.54, 1.807) is 12.5 Å². The topological polar surface area (TPSA) is 50.1 Å². The molecule has 1 heterocycles. The lowest BCUT2D eigenvalue weighted by Crippen LogP contribution is -2.22. The Morgan fingerprint density at radius 2 is 2.38 bits per heavy atom. The first-order valence-corrected chi connectivity index (χ1v) is 4.68. The lowest BCUT2D eigenvalue weighted by Gasteiger charge is -2.12. The maximum Gasteiger partial charge on any atom is 0.108 e. The van der Waals surface area contributed by atoms with Gasteiger partial charge in [0.15, 0.2) is 0 Å². The molecule has 1 rings (SSSR count). The van der Waals surface area contributed by atoms with Crippen molar-refractivity contribution in [3.63, 3.8) is 0 Å². The number of aromatic nitrogens is 2. The van der Waals surface area contributed by atoms with Gasteiger partial charge in [-0.3, -0.25) is 0 Å². The molecule has 1 aromatic rings. The van der Waals surface area contributed by atoms with Crippen LogP contribution in [0.1, 0.15) is 25.6 Å². The van der Waals surface area contributed by atoms with Crippen molar-refractivity contribution >= 4 is 0 Å². The second-order valence-electron chi connectivity index (χ2n) is 2.93. The highest BCUT2D eigenvalue weighted by Gasteiger charge is 2.10. The van der Waals surface area contributed by atoms with Gasteiger partial charge in [0, 0.05) is 13.1 Å². The molecule has 0 saturated heterocycles. The van der Waals surface area contributed by atoms with Gasteiger partial charge in [0.05, 0.1) is 18.2 Å². The van der Waals surface area contributed by atoms with Crippen LogP contribution < -0.4 is 5.32 Å². The number of nitrogens with zero attached hydrogens (tertiary/aromatic N) is 2. The number of aliphatic hydroxyl groups excluding tert-OH is 1. The van der Waals surface area contributed by atoms with Crippen molar-refractivity contribution in [3.05, 3.63) is 18.2 Å². The molecule has 0 aliphatic heterocycles. The van der Waals surface area contributed by atoms with Gasteiger partial charge in [-0.25, -0.2) is 4.98 Å². The number of rotatable bonds is 5. The van der Waals surface area contributed by atoms with Crippen LogP contribution >= 0.6 is 0 Å². The zero-order chi connectivity index (χ0) is 9.68. The Morgan fingerprint density at radius 1 is 1.62 bits per heavy atom. The molecule has 0 fully saturated rings. The van der Waals surface area contributed by atoms with Gasteiger partial charge >= 0.3 is 0 Å². The molecule has 0 aliphatic carbocycles. The molecule has 74 valence electrons. The van der Waals surface area contributed by atoms with Crippen LogP contribution in [-0.2, 0) is 6.54 Å². The number of aryl methyl sites for hydroxylation is 1. The summed E-state index contributed by atoms with van der Waals surface area (Å²) in [6.07, 6.45) is 3.00. The van der Waals surface area contributed by atoms with Gasteiger partial charge < -0.3 is 15.0 Å². The molecule has 0 spiro atoms. The van der Waals surface area contributed by atoms with E-state index in [9.17, 15) is 5.11 Å². The van der Waals surface area contributed by atoms with Crippen LogP contribution in [-0.4, -0.2) is 27.7 Å². The molecule has 0 aromatic carbocycles. The molecule has 1 unspecified atom stereocenters. The number of imidazole rings is 1. The van der Waals surface area contributed by atoms with E-state index in [-0.39, 0.29) is 0 Å². The summed E-state index contributed by atoms with van der Waals surface area (Å²) in [7, 11) is 0. The van der Waals surface area contributed by atoms with Gasteiger partial charge in [0.2, 0.25) is 0 Å². The van der Waals surface area contributed by atoms with E-state index in [4.69, 9.17) is 0 Å². The van der Waals surface area contributed by atoms with E-state index in [0.29, 0.717) is 6.54 Å². The first-order valence-electron chi connectivity index (χ1n) is 4.68. The summed E-state index contributed by atoms with van der Waals surface area (Å²) >= 11 is 0. The van der Waals surface area contributed by atoms with Gasteiger partial charge in [0.25, 0.3) is 0 Å². The predicted octanol–water partition coefficient (Wildman–Crippen LogP) is 0.546. The Hall–Kier alpha value is -0.870. The van der Waals surface area contributed by atoms with Crippen LogP contribution in [0.2, 0.25) is 0 Å². The quantitative estimate of drug-likeness (QED) is 0.700. The lowest BCUT2D eigenvalue weighted by molar-refractivity contribution is 0.166. The zero-order valence-electron chi connectivity index (χ0n) is 8.20. The third kappa shape index (κ3) is 2.54. The lowest BCUT2D eigenvalue weighted by atomic mass is 10.2. The van der Waals surface area contributed by atoms with E-state index in [1.807, 2.05) is 18.4 Å². The monoisotopic (exact) mass is 183 g/mol. The van der Waals surface area contributed by atoms with Gasteiger partial charge in [0.1, 0.15) is 6.10 Å². The average molecular weight is 183 g/mol. The fourth-order valence-corrected chi connectivity index (χ4v) is 1.26. The molecule has 0 radical (unpaired) electrons. The van der Waals surface area contributed by atoms with Crippen molar-refractivity contribution < 1.29 is 5.11 Å². The van der Waals surface area contributed by atoms with Crippen LogP contribution in [0.25, 0.3) is 0 Å². The van der Waals surface area contributed by atoms with Gasteiger partial charge in [-0.15, -0.1) is 0 Å². The van der Waals surface area contributed by atoms with Crippen molar-refractivity contribution in [1.29, 1.82) is 0 Å². The van der Waals surface area contributed by atoms with Crippen LogP contribution in [0.15, 0.2) is 12.5 Å². The minimum absolute atomic E-state index is 0.456. The molecule has 4 nitrogen and oxygen atoms in total. The van der Waals surface area contributed by atoms with E-state index < -0.39 is 6.10 Å². The fraction of sp³-hybridized carbons (Fsp3) is 0.667. The highest BCUT2D eigenvalue weighted by molar-refractivity contribution is 5.02. The smallest absolute Gasteiger partial charge is 0.108 e. The van der Waals surface area contributed by atoms with Crippen LogP contribution in [0.5, 0.6) is 0 Å². The molecule has 0 aliphatic rings. The Bertz CT molecular complexity index is 247. The summed E-state index contributed by atoms with van der Waals surface area (Å²) in [5.74, 6) is 0. The SMILES string of the molecule is CCNCC(O)c1cncn1CC. The Balaban J connectivity index is 2.59. The van der Waals surface area contributed by atoms with Crippen molar-refractivity contribution in [2.45, 2.75) is 26.5 Å². The van der Waals surface area contributed by atoms with Crippen molar-refractivity contribution in [2.24, 2.45) is 0 Å². The van der Waals surface area contributed by atoms with E-state index in [1.165, 1.54) is 0 Å². The Labute approximate surface area is 78.6 Å². The largest absolute Gasteiger partial charge is 0.385 e. The molecule has 0 amide bonds. The van der Waals surface area contributed by atoms with Gasteiger partial charge in [-0.1, -0.05) is 6.92 Å². The number of nitrogens with one attached hydrogen (secondary N) is 1. The Kier molecular flexibility index (Phi) is 3.92. The molecule has 1 atom stereocenters. The van der Waals surface area contributed by atoms with E-state index >= 15 is 0 Å². The van der Waals surface area contributed by atoms with Crippen LogP contribution in [0.4, 0.5) is 0 Å². The molecular formula is C9H17N3O. The van der Waals surface area contributed by atoms with Crippen molar-refractivity contribution in [2.75, 3.05) is 13.1 Å². The minimum atomic E-state index is -0.456. The summed E-state index contributed by atoms with van der Waals surface area (Å²) in [6.45, 7) is 6.35.